The molecule has 1 saturated heterocycles. The van der Waals surface area contributed by atoms with Gasteiger partial charge in [-0.05, 0) is 18.9 Å². The fourth-order valence-electron chi connectivity index (χ4n) is 2.02. The molecular formula is C10H16N4O2. The zero-order valence-electron chi connectivity index (χ0n) is 9.11. The Labute approximate surface area is 93.9 Å². The largest absolute Gasteiger partial charge is 0.337 e. The summed E-state index contributed by atoms with van der Waals surface area (Å²) in [5.41, 5.74) is 8.36. The lowest BCUT2D eigenvalue weighted by Gasteiger charge is -2.19. The molecule has 0 aromatic carbocycles. The van der Waals surface area contributed by atoms with Crippen LogP contribution in [0, 0.1) is 5.92 Å². The van der Waals surface area contributed by atoms with Gasteiger partial charge in [0.1, 0.15) is 5.71 Å². The van der Waals surface area contributed by atoms with Crippen molar-refractivity contribution >= 4 is 17.5 Å². The van der Waals surface area contributed by atoms with Crippen LogP contribution in [0.2, 0.25) is 0 Å². The molecule has 6 nitrogen and oxygen atoms in total. The topological polar surface area (TPSA) is 87.8 Å². The number of carbonyl (C=O) groups is 2. The number of nitrogens with one attached hydrogen (secondary N) is 1. The lowest BCUT2D eigenvalue weighted by atomic mass is 10.1. The molecule has 3 N–H and O–H groups in total. The van der Waals surface area contributed by atoms with Crippen molar-refractivity contribution in [2.45, 2.75) is 19.3 Å². The Morgan fingerprint density at radius 1 is 1.56 bits per heavy atom. The van der Waals surface area contributed by atoms with Crippen LogP contribution >= 0.6 is 0 Å². The predicted octanol–water partition coefficient (Wildman–Crippen LogP) is -0.940. The van der Waals surface area contributed by atoms with Gasteiger partial charge in [-0.25, -0.2) is 5.43 Å². The maximum absolute atomic E-state index is 12.0. The fraction of sp³-hybridized carbons (Fsp3) is 0.700. The summed E-state index contributed by atoms with van der Waals surface area (Å²) in [5.74, 6) is 0.219. The zero-order chi connectivity index (χ0) is 11.5. The summed E-state index contributed by atoms with van der Waals surface area (Å²) in [6.07, 6.45) is 1.75. The van der Waals surface area contributed by atoms with Crippen molar-refractivity contribution in [1.82, 2.24) is 10.3 Å². The molecule has 0 radical (unpaired) electrons. The third-order valence-corrected chi connectivity index (χ3v) is 3.06. The van der Waals surface area contributed by atoms with E-state index in [1.807, 2.05) is 0 Å². The third-order valence-electron chi connectivity index (χ3n) is 3.06. The van der Waals surface area contributed by atoms with Crippen LogP contribution < -0.4 is 11.2 Å². The summed E-state index contributed by atoms with van der Waals surface area (Å²) in [6, 6.07) is 0. The summed E-state index contributed by atoms with van der Waals surface area (Å²) in [6.45, 7) is 2.07. The molecule has 0 aliphatic carbocycles. The first kappa shape index (κ1) is 11.1. The Kier molecular flexibility index (Phi) is 3.19. The molecule has 0 spiro atoms. The van der Waals surface area contributed by atoms with E-state index in [0.29, 0.717) is 37.6 Å². The number of hydrogen-bond acceptors (Lipinski definition) is 4. The summed E-state index contributed by atoms with van der Waals surface area (Å²) in [7, 11) is 0. The van der Waals surface area contributed by atoms with Crippen molar-refractivity contribution in [3.63, 3.8) is 0 Å². The number of nitrogens with two attached hydrogens (primary N) is 1. The van der Waals surface area contributed by atoms with Crippen molar-refractivity contribution in [3.05, 3.63) is 0 Å². The van der Waals surface area contributed by atoms with Gasteiger partial charge in [0.25, 0.3) is 5.91 Å². The van der Waals surface area contributed by atoms with Crippen molar-refractivity contribution in [2.75, 3.05) is 19.6 Å². The average molecular weight is 224 g/mol. The predicted molar refractivity (Wildman–Crippen MR) is 58.6 cm³/mol. The minimum atomic E-state index is -0.127. The molecule has 6 heteroatoms. The summed E-state index contributed by atoms with van der Waals surface area (Å²) in [5, 5.41) is 3.80. The van der Waals surface area contributed by atoms with Crippen LogP contribution in [0.15, 0.2) is 5.10 Å². The zero-order valence-corrected chi connectivity index (χ0v) is 9.11. The lowest BCUT2D eigenvalue weighted by Crippen LogP contribution is -2.39. The van der Waals surface area contributed by atoms with Gasteiger partial charge in [-0.1, -0.05) is 0 Å². The number of rotatable bonds is 2. The first-order valence-electron chi connectivity index (χ1n) is 5.55. The molecule has 0 aromatic rings. The molecule has 2 aliphatic heterocycles. The standard InChI is InChI=1S/C10H16N4O2/c11-5-7-3-4-14(6-7)10(16)8-1-2-9(15)13-12-8/h7H,1-6,11H2,(H,13,15). The van der Waals surface area contributed by atoms with Crippen molar-refractivity contribution < 1.29 is 9.59 Å². The van der Waals surface area contributed by atoms with Gasteiger partial charge in [0.2, 0.25) is 5.91 Å². The van der Waals surface area contributed by atoms with Crippen molar-refractivity contribution in [3.8, 4) is 0 Å². The van der Waals surface area contributed by atoms with Crippen molar-refractivity contribution in [2.24, 2.45) is 16.8 Å². The highest BCUT2D eigenvalue weighted by Gasteiger charge is 2.29. The van der Waals surface area contributed by atoms with E-state index < -0.39 is 0 Å². The van der Waals surface area contributed by atoms with E-state index in [9.17, 15) is 9.59 Å². The van der Waals surface area contributed by atoms with E-state index in [0.717, 1.165) is 13.0 Å². The number of hydrazone groups is 1. The number of amides is 2. The van der Waals surface area contributed by atoms with E-state index in [1.54, 1.807) is 4.90 Å². The molecule has 0 aromatic heterocycles. The van der Waals surface area contributed by atoms with Gasteiger partial charge in [-0.15, -0.1) is 0 Å². The molecule has 0 bridgehead atoms. The van der Waals surface area contributed by atoms with E-state index in [-0.39, 0.29) is 11.8 Å². The Morgan fingerprint density at radius 2 is 2.38 bits per heavy atom. The van der Waals surface area contributed by atoms with Crippen LogP contribution in [-0.4, -0.2) is 42.1 Å². The molecule has 2 amide bonds. The first-order valence-corrected chi connectivity index (χ1v) is 5.55. The Hall–Kier alpha value is -1.43. The molecule has 88 valence electrons. The molecule has 1 atom stereocenters. The van der Waals surface area contributed by atoms with Gasteiger partial charge in [0.15, 0.2) is 0 Å². The average Bonchev–Trinajstić information content (AvgIpc) is 2.77. The van der Waals surface area contributed by atoms with E-state index >= 15 is 0 Å². The van der Waals surface area contributed by atoms with Gasteiger partial charge in [0.05, 0.1) is 0 Å². The highest BCUT2D eigenvalue weighted by Crippen LogP contribution is 2.16. The maximum Gasteiger partial charge on any atom is 0.270 e. The second-order valence-electron chi connectivity index (χ2n) is 4.24. The number of hydrogen-bond donors (Lipinski definition) is 2. The molecule has 16 heavy (non-hydrogen) atoms. The normalized spacial score (nSPS) is 25.3. The Bertz CT molecular complexity index is 340. The second kappa shape index (κ2) is 4.61. The highest BCUT2D eigenvalue weighted by atomic mass is 16.2. The SMILES string of the molecule is NCC1CCN(C(=O)C2=NNC(=O)CC2)C1. The molecule has 2 rings (SSSR count). The van der Waals surface area contributed by atoms with E-state index in [2.05, 4.69) is 10.5 Å². The molecule has 2 aliphatic rings. The Balaban J connectivity index is 1.95. The molecular weight excluding hydrogens is 208 g/mol. The van der Waals surface area contributed by atoms with Gasteiger partial charge in [-0.3, -0.25) is 9.59 Å². The van der Waals surface area contributed by atoms with Crippen LogP contribution in [0.5, 0.6) is 0 Å². The lowest BCUT2D eigenvalue weighted by molar-refractivity contribution is -0.123. The fourth-order valence-corrected chi connectivity index (χ4v) is 2.02. The van der Waals surface area contributed by atoms with Gasteiger partial charge < -0.3 is 10.6 Å². The third kappa shape index (κ3) is 2.21. The van der Waals surface area contributed by atoms with Gasteiger partial charge >= 0.3 is 0 Å². The number of likely N-dealkylation sites (tertiary alicyclic amines) is 1. The summed E-state index contributed by atoms with van der Waals surface area (Å²) < 4.78 is 0. The second-order valence-corrected chi connectivity index (χ2v) is 4.24. The minimum absolute atomic E-state index is 0.0593. The smallest absolute Gasteiger partial charge is 0.270 e. The van der Waals surface area contributed by atoms with Gasteiger partial charge in [-0.2, -0.15) is 5.10 Å². The van der Waals surface area contributed by atoms with Crippen LogP contribution in [0.3, 0.4) is 0 Å². The summed E-state index contributed by atoms with van der Waals surface area (Å²) in [4.78, 5) is 24.6. The molecule has 2 heterocycles. The summed E-state index contributed by atoms with van der Waals surface area (Å²) >= 11 is 0. The minimum Gasteiger partial charge on any atom is -0.337 e. The highest BCUT2D eigenvalue weighted by molar-refractivity contribution is 6.39. The molecule has 0 saturated carbocycles. The molecule has 1 fully saturated rings. The molecule has 1 unspecified atom stereocenters. The monoisotopic (exact) mass is 224 g/mol. The van der Waals surface area contributed by atoms with Crippen LogP contribution in [0.25, 0.3) is 0 Å². The van der Waals surface area contributed by atoms with Crippen LogP contribution in [0.4, 0.5) is 0 Å². The van der Waals surface area contributed by atoms with Gasteiger partial charge in [0, 0.05) is 25.9 Å². The van der Waals surface area contributed by atoms with Crippen LogP contribution in [-0.2, 0) is 9.59 Å². The first-order chi connectivity index (χ1) is 7.70. The maximum atomic E-state index is 12.0. The quantitative estimate of drug-likeness (QED) is 0.634. The Morgan fingerprint density at radius 3 is 2.94 bits per heavy atom. The number of nitrogens with zero attached hydrogens (tertiary/aromatic N) is 2. The van der Waals surface area contributed by atoms with E-state index in [1.165, 1.54) is 0 Å². The van der Waals surface area contributed by atoms with Crippen molar-refractivity contribution in [1.29, 1.82) is 0 Å². The van der Waals surface area contributed by atoms with Crippen LogP contribution in [0.1, 0.15) is 19.3 Å². The number of carbonyl (C=O) groups excluding carboxylic acids is 2. The van der Waals surface area contributed by atoms with E-state index in [4.69, 9.17) is 5.73 Å².